The van der Waals surface area contributed by atoms with Crippen LogP contribution in [-0.2, 0) is 4.74 Å². The summed E-state index contributed by atoms with van der Waals surface area (Å²) in [5.74, 6) is 1.26. The number of ether oxygens (including phenoxy) is 1. The Bertz CT molecular complexity index is 146. The van der Waals surface area contributed by atoms with E-state index < -0.39 is 0 Å². The lowest BCUT2D eigenvalue weighted by atomic mass is 9.72. The van der Waals surface area contributed by atoms with Crippen LogP contribution < -0.4 is 0 Å². The van der Waals surface area contributed by atoms with Crippen LogP contribution in [-0.4, -0.2) is 23.9 Å². The molecule has 0 saturated heterocycles. The average molecular weight is 156 g/mol. The minimum Gasteiger partial charge on any atom is -0.393 e. The zero-order chi connectivity index (χ0) is 7.84. The Morgan fingerprint density at radius 1 is 1.36 bits per heavy atom. The maximum atomic E-state index is 9.45. The van der Waals surface area contributed by atoms with Crippen molar-refractivity contribution in [1.82, 2.24) is 0 Å². The third-order valence-corrected chi connectivity index (χ3v) is 3.20. The Balaban J connectivity index is 1.86. The molecule has 4 atom stereocenters. The molecule has 0 spiro atoms. The molecule has 0 aliphatic heterocycles. The SMILES string of the molecule is CCOC1CC2C(O)CCC12. The lowest BCUT2D eigenvalue weighted by Gasteiger charge is -2.41. The summed E-state index contributed by atoms with van der Waals surface area (Å²) in [4.78, 5) is 0. The number of hydrogen-bond acceptors (Lipinski definition) is 2. The van der Waals surface area contributed by atoms with E-state index in [1.54, 1.807) is 0 Å². The van der Waals surface area contributed by atoms with Gasteiger partial charge in [-0.3, -0.25) is 0 Å². The number of aliphatic hydroxyl groups is 1. The second-order valence-corrected chi connectivity index (χ2v) is 3.70. The lowest BCUT2D eigenvalue weighted by molar-refractivity contribution is -0.0916. The fraction of sp³-hybridized carbons (Fsp3) is 1.00. The molecular formula is C9H16O2. The van der Waals surface area contributed by atoms with E-state index in [-0.39, 0.29) is 6.10 Å². The van der Waals surface area contributed by atoms with Gasteiger partial charge in [-0.25, -0.2) is 0 Å². The normalized spacial score (nSPS) is 48.5. The minimum atomic E-state index is -0.0169. The predicted octanol–water partition coefficient (Wildman–Crippen LogP) is 1.18. The fourth-order valence-corrected chi connectivity index (χ4v) is 2.52. The first kappa shape index (κ1) is 7.56. The summed E-state index contributed by atoms with van der Waals surface area (Å²) in [5.41, 5.74) is 0. The molecule has 2 saturated carbocycles. The molecule has 0 aromatic rings. The molecule has 2 aliphatic rings. The third-order valence-electron chi connectivity index (χ3n) is 3.20. The Hall–Kier alpha value is -0.0800. The van der Waals surface area contributed by atoms with Crippen molar-refractivity contribution in [3.8, 4) is 0 Å². The molecule has 11 heavy (non-hydrogen) atoms. The van der Waals surface area contributed by atoms with Gasteiger partial charge in [0.2, 0.25) is 0 Å². The smallest absolute Gasteiger partial charge is 0.0610 e. The van der Waals surface area contributed by atoms with Gasteiger partial charge in [0.15, 0.2) is 0 Å². The summed E-state index contributed by atoms with van der Waals surface area (Å²) >= 11 is 0. The topological polar surface area (TPSA) is 29.5 Å². The van der Waals surface area contributed by atoms with Crippen LogP contribution in [0.2, 0.25) is 0 Å². The number of hydrogen-bond donors (Lipinski definition) is 1. The predicted molar refractivity (Wildman–Crippen MR) is 42.3 cm³/mol. The maximum absolute atomic E-state index is 9.45. The van der Waals surface area contributed by atoms with E-state index in [4.69, 9.17) is 4.74 Å². The molecule has 0 heterocycles. The minimum absolute atomic E-state index is 0.0169. The van der Waals surface area contributed by atoms with Crippen LogP contribution in [0.1, 0.15) is 26.2 Å². The Morgan fingerprint density at radius 2 is 2.18 bits per heavy atom. The Labute approximate surface area is 67.6 Å². The van der Waals surface area contributed by atoms with Crippen LogP contribution in [0.5, 0.6) is 0 Å². The van der Waals surface area contributed by atoms with Gasteiger partial charge in [0, 0.05) is 6.61 Å². The summed E-state index contributed by atoms with van der Waals surface area (Å²) < 4.78 is 5.53. The molecule has 2 heteroatoms. The molecule has 2 fully saturated rings. The molecule has 0 radical (unpaired) electrons. The Kier molecular flexibility index (Phi) is 1.90. The van der Waals surface area contributed by atoms with Gasteiger partial charge in [-0.2, -0.15) is 0 Å². The van der Waals surface area contributed by atoms with Crippen molar-refractivity contribution in [2.75, 3.05) is 6.61 Å². The van der Waals surface area contributed by atoms with Gasteiger partial charge in [-0.1, -0.05) is 0 Å². The van der Waals surface area contributed by atoms with Gasteiger partial charge < -0.3 is 9.84 Å². The molecule has 2 nitrogen and oxygen atoms in total. The highest BCUT2D eigenvalue weighted by Crippen LogP contribution is 2.48. The highest BCUT2D eigenvalue weighted by atomic mass is 16.5. The monoisotopic (exact) mass is 156 g/mol. The van der Waals surface area contributed by atoms with E-state index >= 15 is 0 Å². The van der Waals surface area contributed by atoms with Crippen molar-refractivity contribution in [3.05, 3.63) is 0 Å². The first-order valence-corrected chi connectivity index (χ1v) is 4.62. The zero-order valence-electron chi connectivity index (χ0n) is 6.99. The Morgan fingerprint density at radius 3 is 2.82 bits per heavy atom. The van der Waals surface area contributed by atoms with Crippen molar-refractivity contribution in [2.45, 2.75) is 38.4 Å². The van der Waals surface area contributed by atoms with E-state index in [1.165, 1.54) is 6.42 Å². The first-order chi connectivity index (χ1) is 5.33. The van der Waals surface area contributed by atoms with Gasteiger partial charge >= 0.3 is 0 Å². The van der Waals surface area contributed by atoms with Crippen molar-refractivity contribution in [3.63, 3.8) is 0 Å². The van der Waals surface area contributed by atoms with Crippen LogP contribution in [0.15, 0.2) is 0 Å². The summed E-state index contributed by atoms with van der Waals surface area (Å²) in [6, 6.07) is 0. The molecule has 64 valence electrons. The third kappa shape index (κ3) is 1.09. The van der Waals surface area contributed by atoms with Crippen molar-refractivity contribution < 1.29 is 9.84 Å². The van der Waals surface area contributed by atoms with Crippen LogP contribution in [0.3, 0.4) is 0 Å². The van der Waals surface area contributed by atoms with E-state index in [0.717, 1.165) is 19.4 Å². The van der Waals surface area contributed by atoms with Crippen LogP contribution in [0, 0.1) is 11.8 Å². The van der Waals surface area contributed by atoms with E-state index in [0.29, 0.717) is 17.9 Å². The summed E-state index contributed by atoms with van der Waals surface area (Å²) in [7, 11) is 0. The first-order valence-electron chi connectivity index (χ1n) is 4.62. The quantitative estimate of drug-likeness (QED) is 0.650. The molecule has 0 aromatic carbocycles. The van der Waals surface area contributed by atoms with Gasteiger partial charge in [0.1, 0.15) is 0 Å². The molecule has 1 N–H and O–H groups in total. The number of fused-ring (bicyclic) bond motifs is 1. The van der Waals surface area contributed by atoms with Gasteiger partial charge in [0.05, 0.1) is 12.2 Å². The van der Waals surface area contributed by atoms with Gasteiger partial charge in [0.25, 0.3) is 0 Å². The summed E-state index contributed by atoms with van der Waals surface area (Å²) in [6.45, 7) is 2.86. The summed E-state index contributed by atoms with van der Waals surface area (Å²) in [6.07, 6.45) is 3.73. The highest BCUT2D eigenvalue weighted by Gasteiger charge is 2.49. The average Bonchev–Trinajstić information content (AvgIpc) is 2.22. The molecule has 0 bridgehead atoms. The standard InChI is InChI=1S/C9H16O2/c1-2-11-9-5-7-6(9)3-4-8(7)10/h6-10H,2-5H2,1H3. The highest BCUT2D eigenvalue weighted by molar-refractivity contribution is 4.99. The molecule has 2 rings (SSSR count). The largest absolute Gasteiger partial charge is 0.393 e. The second-order valence-electron chi connectivity index (χ2n) is 3.70. The lowest BCUT2D eigenvalue weighted by Crippen LogP contribution is -2.43. The maximum Gasteiger partial charge on any atom is 0.0610 e. The molecule has 2 aliphatic carbocycles. The fourth-order valence-electron chi connectivity index (χ4n) is 2.52. The van der Waals surface area contributed by atoms with Gasteiger partial charge in [-0.15, -0.1) is 0 Å². The van der Waals surface area contributed by atoms with Crippen LogP contribution >= 0.6 is 0 Å². The van der Waals surface area contributed by atoms with Crippen LogP contribution in [0.25, 0.3) is 0 Å². The van der Waals surface area contributed by atoms with Crippen molar-refractivity contribution in [2.24, 2.45) is 11.8 Å². The van der Waals surface area contributed by atoms with Crippen molar-refractivity contribution in [1.29, 1.82) is 0 Å². The molecule has 0 amide bonds. The number of aliphatic hydroxyl groups excluding tert-OH is 1. The summed E-state index contributed by atoms with van der Waals surface area (Å²) in [5, 5.41) is 9.45. The molecule has 0 aromatic heterocycles. The van der Waals surface area contributed by atoms with Crippen molar-refractivity contribution >= 4 is 0 Å². The second kappa shape index (κ2) is 2.76. The number of rotatable bonds is 2. The van der Waals surface area contributed by atoms with E-state index in [9.17, 15) is 5.11 Å². The van der Waals surface area contributed by atoms with Crippen LogP contribution in [0.4, 0.5) is 0 Å². The van der Waals surface area contributed by atoms with E-state index in [1.807, 2.05) is 6.92 Å². The zero-order valence-corrected chi connectivity index (χ0v) is 6.99. The molecular weight excluding hydrogens is 140 g/mol. The van der Waals surface area contributed by atoms with E-state index in [2.05, 4.69) is 0 Å². The van der Waals surface area contributed by atoms with Gasteiger partial charge in [-0.05, 0) is 38.0 Å². The molecule has 4 unspecified atom stereocenters.